The fourth-order valence-corrected chi connectivity index (χ4v) is 8.02. The van der Waals surface area contributed by atoms with Crippen molar-refractivity contribution in [1.29, 1.82) is 0 Å². The first kappa shape index (κ1) is 30.5. The zero-order chi connectivity index (χ0) is 33.6. The van der Waals surface area contributed by atoms with Crippen molar-refractivity contribution in [1.82, 2.24) is 0 Å². The van der Waals surface area contributed by atoms with E-state index in [0.29, 0.717) is 0 Å². The lowest BCUT2D eigenvalue weighted by Crippen LogP contribution is -2.16. The molecule has 0 heterocycles. The largest absolute Gasteiger partial charge is 0.310 e. The van der Waals surface area contributed by atoms with Crippen molar-refractivity contribution in [3.8, 4) is 11.1 Å². The molecule has 1 heteroatoms. The first-order valence-corrected chi connectivity index (χ1v) is 17.4. The Morgan fingerprint density at radius 1 is 0.458 bits per heavy atom. The number of rotatable bonds is 3. The maximum Gasteiger partial charge on any atom is 0.0468 e. The number of fused-ring (bicyclic) bond motifs is 9. The molecule has 0 fully saturated rings. The van der Waals surface area contributed by atoms with Crippen LogP contribution < -0.4 is 4.90 Å². The van der Waals surface area contributed by atoms with Crippen LogP contribution in [0.2, 0.25) is 0 Å². The zero-order valence-electron chi connectivity index (χ0n) is 29.6. The number of hydrogen-bond donors (Lipinski definition) is 0. The molecule has 1 aliphatic carbocycles. The molecule has 0 aromatic heterocycles. The third-order valence-electron chi connectivity index (χ3n) is 10.7. The van der Waals surface area contributed by atoms with Gasteiger partial charge in [-0.3, -0.25) is 0 Å². The predicted octanol–water partition coefficient (Wildman–Crippen LogP) is 13.5. The smallest absolute Gasteiger partial charge is 0.0468 e. The second kappa shape index (κ2) is 10.6. The maximum atomic E-state index is 2.47. The summed E-state index contributed by atoms with van der Waals surface area (Å²) in [5.41, 5.74) is 11.8. The Kier molecular flexibility index (Phi) is 6.70. The lowest BCUT2D eigenvalue weighted by atomic mass is 9.79. The van der Waals surface area contributed by atoms with Crippen LogP contribution in [0.3, 0.4) is 0 Å². The van der Waals surface area contributed by atoms with Crippen molar-refractivity contribution in [2.75, 3.05) is 4.90 Å². The van der Waals surface area contributed by atoms with E-state index in [1.165, 1.54) is 71.4 Å². The highest BCUT2D eigenvalue weighted by Gasteiger charge is 2.38. The first-order chi connectivity index (χ1) is 22.8. The minimum Gasteiger partial charge on any atom is -0.310 e. The van der Waals surface area contributed by atoms with Crippen molar-refractivity contribution in [2.24, 2.45) is 0 Å². The summed E-state index contributed by atoms with van der Waals surface area (Å²) in [6.07, 6.45) is 0. The normalized spacial score (nSPS) is 14.0. The summed E-state index contributed by atoms with van der Waals surface area (Å²) in [5, 5.41) is 7.91. The summed E-state index contributed by atoms with van der Waals surface area (Å²) in [6.45, 7) is 18.5. The van der Waals surface area contributed by atoms with Gasteiger partial charge < -0.3 is 4.90 Å². The molecule has 0 saturated heterocycles. The van der Waals surface area contributed by atoms with Crippen LogP contribution in [0.5, 0.6) is 0 Å². The van der Waals surface area contributed by atoms with Gasteiger partial charge in [-0.25, -0.2) is 0 Å². The summed E-state index contributed by atoms with van der Waals surface area (Å²) in [5.74, 6) is 0. The zero-order valence-corrected chi connectivity index (χ0v) is 29.6. The molecule has 0 N–H and O–H groups in total. The van der Waals surface area contributed by atoms with E-state index in [4.69, 9.17) is 0 Å². The van der Waals surface area contributed by atoms with E-state index < -0.39 is 0 Å². The summed E-state index contributed by atoms with van der Waals surface area (Å²) >= 11 is 0. The van der Waals surface area contributed by atoms with Crippen molar-refractivity contribution in [2.45, 2.75) is 71.6 Å². The highest BCUT2D eigenvalue weighted by atomic mass is 15.1. The van der Waals surface area contributed by atoms with Gasteiger partial charge in [-0.15, -0.1) is 0 Å². The van der Waals surface area contributed by atoms with Crippen LogP contribution in [0.1, 0.15) is 77.6 Å². The molecule has 0 aliphatic heterocycles. The van der Waals surface area contributed by atoms with E-state index >= 15 is 0 Å². The molecule has 8 rings (SSSR count). The summed E-state index contributed by atoms with van der Waals surface area (Å²) in [7, 11) is 0. The predicted molar refractivity (Wildman–Crippen MR) is 209 cm³/mol. The average molecular weight is 624 g/mol. The molecule has 48 heavy (non-hydrogen) atoms. The van der Waals surface area contributed by atoms with Crippen molar-refractivity contribution < 1.29 is 0 Å². The standard InChI is InChI=1S/C47H45N/c1-45(2,3)32-18-23-34(24-19-32)48(35-25-20-33(21-26-35)46(4,5)6)36-22-17-30-28-41-42(29-31(30)27-36)47(7,8)44-40-16-12-10-14-38(40)37-13-9-11-15-39(37)43(41)44/h9-29H,1-8H3. The van der Waals surface area contributed by atoms with E-state index in [9.17, 15) is 0 Å². The average Bonchev–Trinajstić information content (AvgIpc) is 3.29. The van der Waals surface area contributed by atoms with Crippen LogP contribution in [0.4, 0.5) is 17.1 Å². The second-order valence-electron chi connectivity index (χ2n) is 16.3. The first-order valence-electron chi connectivity index (χ1n) is 17.4. The van der Waals surface area contributed by atoms with Crippen LogP contribution in [-0.4, -0.2) is 0 Å². The Labute approximate surface area is 285 Å². The number of anilines is 3. The fourth-order valence-electron chi connectivity index (χ4n) is 8.02. The molecule has 1 aliphatic rings. The molecule has 7 aromatic carbocycles. The van der Waals surface area contributed by atoms with Crippen LogP contribution in [0, 0.1) is 0 Å². The molecule has 0 radical (unpaired) electrons. The monoisotopic (exact) mass is 623 g/mol. The summed E-state index contributed by atoms with van der Waals surface area (Å²) in [4.78, 5) is 2.41. The molecule has 0 bridgehead atoms. The highest BCUT2D eigenvalue weighted by molar-refractivity contribution is 6.19. The van der Waals surface area contributed by atoms with Crippen LogP contribution in [0.25, 0.3) is 43.4 Å². The summed E-state index contributed by atoms with van der Waals surface area (Å²) < 4.78 is 0. The van der Waals surface area contributed by atoms with Crippen molar-refractivity contribution >= 4 is 49.4 Å². The van der Waals surface area contributed by atoms with Crippen LogP contribution in [-0.2, 0) is 16.2 Å². The van der Waals surface area contributed by atoms with Gasteiger partial charge in [0.05, 0.1) is 0 Å². The molecular formula is C47H45N. The molecule has 7 aromatic rings. The van der Waals surface area contributed by atoms with Gasteiger partial charge in [-0.1, -0.05) is 134 Å². The van der Waals surface area contributed by atoms with E-state index in [2.05, 4.69) is 188 Å². The molecular weight excluding hydrogens is 579 g/mol. The van der Waals surface area contributed by atoms with Gasteiger partial charge in [-0.05, 0) is 125 Å². The fraction of sp³-hybridized carbons (Fsp3) is 0.234. The Morgan fingerprint density at radius 2 is 0.938 bits per heavy atom. The van der Waals surface area contributed by atoms with Crippen molar-refractivity contribution in [3.63, 3.8) is 0 Å². The Morgan fingerprint density at radius 3 is 1.48 bits per heavy atom. The third kappa shape index (κ3) is 4.74. The van der Waals surface area contributed by atoms with Gasteiger partial charge in [0.1, 0.15) is 0 Å². The Balaban J connectivity index is 1.32. The minimum absolute atomic E-state index is 0.0993. The van der Waals surface area contributed by atoms with Gasteiger partial charge in [-0.2, -0.15) is 0 Å². The Hall–Kier alpha value is -4.88. The maximum absolute atomic E-state index is 2.47. The molecule has 0 spiro atoms. The number of benzene rings is 7. The van der Waals surface area contributed by atoms with Crippen LogP contribution in [0.15, 0.2) is 127 Å². The number of hydrogen-bond acceptors (Lipinski definition) is 1. The topological polar surface area (TPSA) is 3.24 Å². The quantitative estimate of drug-likeness (QED) is 0.177. The lowest BCUT2D eigenvalue weighted by Gasteiger charge is -2.28. The van der Waals surface area contributed by atoms with E-state index in [1.807, 2.05) is 0 Å². The molecule has 238 valence electrons. The molecule has 1 nitrogen and oxygen atoms in total. The van der Waals surface area contributed by atoms with E-state index in [-0.39, 0.29) is 16.2 Å². The molecule has 0 unspecified atom stereocenters. The van der Waals surface area contributed by atoms with Crippen LogP contribution >= 0.6 is 0 Å². The van der Waals surface area contributed by atoms with Crippen molar-refractivity contribution in [3.05, 3.63) is 150 Å². The molecule has 0 atom stereocenters. The second-order valence-corrected chi connectivity index (χ2v) is 16.3. The molecule has 0 saturated carbocycles. The number of nitrogens with zero attached hydrogens (tertiary/aromatic N) is 1. The third-order valence-corrected chi connectivity index (χ3v) is 10.7. The minimum atomic E-state index is -0.135. The van der Waals surface area contributed by atoms with E-state index in [0.717, 1.165) is 11.4 Å². The van der Waals surface area contributed by atoms with Gasteiger partial charge in [0, 0.05) is 22.5 Å². The SMILES string of the molecule is CC(C)(C)c1ccc(N(c2ccc(C(C)(C)C)cc2)c2ccc3cc4c(cc3c2)C(C)(C)c2c-4c3ccccc3c3ccccc23)cc1. The Bertz CT molecular complexity index is 2300. The highest BCUT2D eigenvalue weighted by Crippen LogP contribution is 2.55. The van der Waals surface area contributed by atoms with Gasteiger partial charge >= 0.3 is 0 Å². The molecule has 0 amide bonds. The lowest BCUT2D eigenvalue weighted by molar-refractivity contribution is 0.590. The van der Waals surface area contributed by atoms with Gasteiger partial charge in [0.15, 0.2) is 0 Å². The van der Waals surface area contributed by atoms with Gasteiger partial charge in [0.25, 0.3) is 0 Å². The van der Waals surface area contributed by atoms with E-state index in [1.54, 1.807) is 0 Å². The van der Waals surface area contributed by atoms with Gasteiger partial charge in [0.2, 0.25) is 0 Å². The summed E-state index contributed by atoms with van der Waals surface area (Å²) in [6, 6.07) is 48.1.